The Hall–Kier alpha value is -0.320. The van der Waals surface area contributed by atoms with Gasteiger partial charge in [-0.2, -0.15) is 0 Å². The predicted octanol–water partition coefficient (Wildman–Crippen LogP) is 2.88. The second kappa shape index (κ2) is 6.84. The molecular formula is C16H29ClO4. The van der Waals surface area contributed by atoms with Gasteiger partial charge in [0.25, 0.3) is 0 Å². The van der Waals surface area contributed by atoms with Crippen LogP contribution in [0, 0.1) is 11.3 Å². The van der Waals surface area contributed by atoms with Crippen LogP contribution >= 0.6 is 11.6 Å². The van der Waals surface area contributed by atoms with Gasteiger partial charge < -0.3 is 14.9 Å². The lowest BCUT2D eigenvalue weighted by Gasteiger charge is -2.40. The van der Waals surface area contributed by atoms with Crippen molar-refractivity contribution in [3.63, 3.8) is 0 Å². The first-order chi connectivity index (χ1) is 9.60. The minimum atomic E-state index is -1.18. The molecule has 1 unspecified atom stereocenters. The van der Waals surface area contributed by atoms with Gasteiger partial charge in [0, 0.05) is 5.88 Å². The molecule has 0 amide bonds. The molecule has 0 aromatic heterocycles. The Kier molecular flexibility index (Phi) is 6.10. The van der Waals surface area contributed by atoms with Crippen LogP contribution in [0.2, 0.25) is 0 Å². The van der Waals surface area contributed by atoms with E-state index in [2.05, 4.69) is 0 Å². The molecule has 21 heavy (non-hydrogen) atoms. The number of esters is 1. The fourth-order valence-electron chi connectivity index (χ4n) is 3.43. The summed E-state index contributed by atoms with van der Waals surface area (Å²) in [5.41, 5.74) is -2.95. The van der Waals surface area contributed by atoms with E-state index in [0.29, 0.717) is 38.2 Å². The van der Waals surface area contributed by atoms with Crippen LogP contribution < -0.4 is 0 Å². The van der Waals surface area contributed by atoms with Crippen LogP contribution in [-0.2, 0) is 9.53 Å². The van der Waals surface area contributed by atoms with E-state index in [1.165, 1.54) is 0 Å². The number of rotatable bonds is 7. The summed E-state index contributed by atoms with van der Waals surface area (Å²) >= 11 is 5.68. The Morgan fingerprint density at radius 2 is 2.10 bits per heavy atom. The standard InChI is InChI=1S/C16H29ClO4/c1-5-21-13(18)15(3)9-7-12(16(15,4)20)11-14(2,19)8-6-10-17/h12,19-20H,5-11H2,1-4H3/t12-,14?,15-,16-/m0/s1. The van der Waals surface area contributed by atoms with Crippen molar-refractivity contribution in [2.24, 2.45) is 11.3 Å². The highest BCUT2D eigenvalue weighted by atomic mass is 35.5. The van der Waals surface area contributed by atoms with Crippen molar-refractivity contribution in [3.8, 4) is 0 Å². The Morgan fingerprint density at radius 3 is 2.62 bits per heavy atom. The number of aliphatic hydroxyl groups is 2. The number of halogens is 1. The molecule has 2 N–H and O–H groups in total. The van der Waals surface area contributed by atoms with Crippen LogP contribution in [0.15, 0.2) is 0 Å². The first-order valence-corrected chi connectivity index (χ1v) is 8.32. The first-order valence-electron chi connectivity index (χ1n) is 7.78. The summed E-state index contributed by atoms with van der Waals surface area (Å²) in [5, 5.41) is 21.4. The normalized spacial score (nSPS) is 35.5. The van der Waals surface area contributed by atoms with E-state index in [9.17, 15) is 15.0 Å². The molecule has 1 fully saturated rings. The van der Waals surface area contributed by atoms with E-state index in [1.54, 1.807) is 27.7 Å². The van der Waals surface area contributed by atoms with Crippen LogP contribution in [0.3, 0.4) is 0 Å². The second-order valence-corrected chi connectivity index (χ2v) is 7.31. The van der Waals surface area contributed by atoms with Crippen molar-refractivity contribution in [1.29, 1.82) is 0 Å². The maximum Gasteiger partial charge on any atom is 0.314 e. The van der Waals surface area contributed by atoms with E-state index >= 15 is 0 Å². The van der Waals surface area contributed by atoms with Gasteiger partial charge in [-0.3, -0.25) is 4.79 Å². The molecule has 0 bridgehead atoms. The summed E-state index contributed by atoms with van der Waals surface area (Å²) in [7, 11) is 0. The molecule has 1 aliphatic rings. The summed E-state index contributed by atoms with van der Waals surface area (Å²) in [6.07, 6.45) is 3.08. The molecule has 1 rings (SSSR count). The minimum absolute atomic E-state index is 0.128. The van der Waals surface area contributed by atoms with Crippen molar-refractivity contribution in [2.75, 3.05) is 12.5 Å². The number of carbonyl (C=O) groups is 1. The molecule has 0 radical (unpaired) electrons. The summed E-state index contributed by atoms with van der Waals surface area (Å²) in [6, 6.07) is 0. The lowest BCUT2D eigenvalue weighted by Crippen LogP contribution is -2.50. The van der Waals surface area contributed by atoms with Crippen molar-refractivity contribution in [2.45, 2.75) is 71.0 Å². The molecule has 5 heteroatoms. The monoisotopic (exact) mass is 320 g/mol. The largest absolute Gasteiger partial charge is 0.465 e. The maximum atomic E-state index is 12.2. The highest BCUT2D eigenvalue weighted by Crippen LogP contribution is 2.53. The smallest absolute Gasteiger partial charge is 0.314 e. The van der Waals surface area contributed by atoms with Gasteiger partial charge in [-0.1, -0.05) is 0 Å². The molecule has 4 nitrogen and oxygen atoms in total. The van der Waals surface area contributed by atoms with Crippen molar-refractivity contribution >= 4 is 17.6 Å². The Labute approximate surface area is 132 Å². The molecule has 0 saturated heterocycles. The molecule has 0 aromatic carbocycles. The molecule has 1 saturated carbocycles. The number of hydrogen-bond donors (Lipinski definition) is 2. The zero-order chi connectivity index (χ0) is 16.3. The summed E-state index contributed by atoms with van der Waals surface area (Å²) in [5.74, 6) is 0.0349. The fourth-order valence-corrected chi connectivity index (χ4v) is 3.56. The molecule has 0 aliphatic heterocycles. The summed E-state index contributed by atoms with van der Waals surface area (Å²) < 4.78 is 5.13. The molecule has 1 aliphatic carbocycles. The topological polar surface area (TPSA) is 66.8 Å². The molecule has 0 spiro atoms. The number of carbonyl (C=O) groups excluding carboxylic acids is 1. The van der Waals surface area contributed by atoms with Gasteiger partial charge in [0.2, 0.25) is 0 Å². The third kappa shape index (κ3) is 3.91. The second-order valence-electron chi connectivity index (χ2n) is 6.93. The molecule has 0 heterocycles. The number of hydrogen-bond acceptors (Lipinski definition) is 4. The lowest BCUT2D eigenvalue weighted by atomic mass is 9.71. The van der Waals surface area contributed by atoms with Crippen molar-refractivity contribution in [3.05, 3.63) is 0 Å². The number of ether oxygens (including phenoxy) is 1. The zero-order valence-electron chi connectivity index (χ0n) is 13.6. The van der Waals surface area contributed by atoms with Gasteiger partial charge >= 0.3 is 5.97 Å². The molecule has 124 valence electrons. The average molecular weight is 321 g/mol. The van der Waals surface area contributed by atoms with Gasteiger partial charge in [-0.15, -0.1) is 11.6 Å². The minimum Gasteiger partial charge on any atom is -0.465 e. The SMILES string of the molecule is CCOC(=O)[C@]1(C)CC[C@@H](CC(C)(O)CCCCl)[C@]1(C)O. The van der Waals surface area contributed by atoms with E-state index < -0.39 is 16.6 Å². The average Bonchev–Trinajstić information content (AvgIpc) is 2.61. The fraction of sp³-hybridized carbons (Fsp3) is 0.938. The van der Waals surface area contributed by atoms with Gasteiger partial charge in [0.05, 0.1) is 23.2 Å². The summed E-state index contributed by atoms with van der Waals surface area (Å²) in [6.45, 7) is 7.30. The highest BCUT2D eigenvalue weighted by molar-refractivity contribution is 6.17. The Balaban J connectivity index is 2.82. The van der Waals surface area contributed by atoms with Crippen LogP contribution in [0.25, 0.3) is 0 Å². The van der Waals surface area contributed by atoms with E-state index in [-0.39, 0.29) is 11.9 Å². The predicted molar refractivity (Wildman–Crippen MR) is 83.3 cm³/mol. The third-order valence-corrected chi connectivity index (χ3v) is 5.43. The highest BCUT2D eigenvalue weighted by Gasteiger charge is 2.59. The van der Waals surface area contributed by atoms with Crippen molar-refractivity contribution in [1.82, 2.24) is 0 Å². The Bertz CT molecular complexity index is 367. The Morgan fingerprint density at radius 1 is 1.48 bits per heavy atom. The molecular weight excluding hydrogens is 292 g/mol. The quantitative estimate of drug-likeness (QED) is 0.559. The zero-order valence-corrected chi connectivity index (χ0v) is 14.4. The van der Waals surface area contributed by atoms with Crippen LogP contribution in [0.1, 0.15) is 59.8 Å². The maximum absolute atomic E-state index is 12.2. The van der Waals surface area contributed by atoms with E-state index in [4.69, 9.17) is 16.3 Å². The van der Waals surface area contributed by atoms with Crippen LogP contribution in [0.4, 0.5) is 0 Å². The molecule has 0 aromatic rings. The third-order valence-electron chi connectivity index (χ3n) is 5.17. The number of alkyl halides is 1. The van der Waals surface area contributed by atoms with Crippen molar-refractivity contribution < 1.29 is 19.7 Å². The first kappa shape index (κ1) is 18.7. The van der Waals surface area contributed by atoms with E-state index in [0.717, 1.165) is 6.42 Å². The van der Waals surface area contributed by atoms with Gasteiger partial charge in [-0.25, -0.2) is 0 Å². The van der Waals surface area contributed by atoms with Crippen LogP contribution in [0.5, 0.6) is 0 Å². The van der Waals surface area contributed by atoms with Crippen LogP contribution in [-0.4, -0.2) is 39.9 Å². The van der Waals surface area contributed by atoms with E-state index in [1.807, 2.05) is 0 Å². The van der Waals surface area contributed by atoms with Gasteiger partial charge in [0.1, 0.15) is 0 Å². The lowest BCUT2D eigenvalue weighted by molar-refractivity contribution is -0.172. The van der Waals surface area contributed by atoms with Gasteiger partial charge in [0.15, 0.2) is 0 Å². The van der Waals surface area contributed by atoms with Gasteiger partial charge in [-0.05, 0) is 65.7 Å². The molecule has 4 atom stereocenters. The summed E-state index contributed by atoms with van der Waals surface area (Å²) in [4.78, 5) is 12.2.